The number of rotatable bonds is 6. The van der Waals surface area contributed by atoms with Crippen molar-refractivity contribution >= 4 is 22.7 Å². The molecule has 0 saturated carbocycles. The van der Waals surface area contributed by atoms with E-state index in [-0.39, 0.29) is 6.10 Å². The second-order valence-electron chi connectivity index (χ2n) is 6.95. The van der Waals surface area contributed by atoms with E-state index < -0.39 is 0 Å². The minimum absolute atomic E-state index is 0.220. The molecular weight excluding hydrogens is 370 g/mol. The van der Waals surface area contributed by atoms with Crippen LogP contribution in [0.3, 0.4) is 0 Å². The number of H-pyrrole nitrogens is 1. The highest BCUT2D eigenvalue weighted by Crippen LogP contribution is 2.32. The van der Waals surface area contributed by atoms with E-state index in [9.17, 15) is 0 Å². The highest BCUT2D eigenvalue weighted by molar-refractivity contribution is 7.98. The molecule has 3 aromatic heterocycles. The molecule has 6 nitrogen and oxygen atoms in total. The van der Waals surface area contributed by atoms with E-state index in [1.807, 2.05) is 24.5 Å². The van der Waals surface area contributed by atoms with Crippen molar-refractivity contribution in [1.29, 1.82) is 0 Å². The average Bonchev–Trinajstić information content (AvgIpc) is 3.48. The average molecular weight is 392 g/mol. The van der Waals surface area contributed by atoms with Crippen LogP contribution in [0.25, 0.3) is 22.3 Å². The van der Waals surface area contributed by atoms with Gasteiger partial charge in [-0.15, -0.1) is 10.2 Å². The number of hydrogen-bond acceptors (Lipinski definition) is 5. The summed E-state index contributed by atoms with van der Waals surface area (Å²) >= 11 is 1.69. The highest BCUT2D eigenvalue weighted by atomic mass is 32.2. The van der Waals surface area contributed by atoms with Gasteiger partial charge in [0.15, 0.2) is 11.0 Å². The van der Waals surface area contributed by atoms with E-state index in [2.05, 4.69) is 49.0 Å². The van der Waals surface area contributed by atoms with Crippen molar-refractivity contribution in [1.82, 2.24) is 24.7 Å². The van der Waals surface area contributed by atoms with Crippen LogP contribution in [0, 0.1) is 0 Å². The van der Waals surface area contributed by atoms with Crippen LogP contribution in [0.4, 0.5) is 0 Å². The Kier molecular flexibility index (Phi) is 4.85. The molecule has 1 N–H and O–H groups in total. The van der Waals surface area contributed by atoms with E-state index >= 15 is 0 Å². The van der Waals surface area contributed by atoms with Crippen molar-refractivity contribution in [3.05, 3.63) is 60.6 Å². The van der Waals surface area contributed by atoms with Gasteiger partial charge in [-0.05, 0) is 30.5 Å². The van der Waals surface area contributed by atoms with Crippen LogP contribution in [-0.4, -0.2) is 37.4 Å². The fraction of sp³-hybridized carbons (Fsp3) is 0.286. The molecule has 4 aromatic rings. The maximum absolute atomic E-state index is 5.90. The van der Waals surface area contributed by atoms with E-state index in [0.717, 1.165) is 59.2 Å². The number of aromatic nitrogens is 5. The lowest BCUT2D eigenvalue weighted by atomic mass is 10.1. The SMILES string of the molecule is c1cncc(CSc2nnc(-c3c[nH]c4ccccc34)n2CC2CCCO2)c1. The lowest BCUT2D eigenvalue weighted by Gasteiger charge is -2.14. The van der Waals surface area contributed by atoms with E-state index in [1.54, 1.807) is 18.0 Å². The van der Waals surface area contributed by atoms with Crippen LogP contribution in [0.2, 0.25) is 0 Å². The molecule has 1 aliphatic rings. The summed E-state index contributed by atoms with van der Waals surface area (Å²) in [6.45, 7) is 1.62. The molecule has 0 spiro atoms. The monoisotopic (exact) mass is 391 g/mol. The molecule has 1 atom stereocenters. The Morgan fingerprint density at radius 1 is 1.18 bits per heavy atom. The number of thioether (sulfide) groups is 1. The number of nitrogens with zero attached hydrogens (tertiary/aromatic N) is 4. The van der Waals surface area contributed by atoms with Gasteiger partial charge in [0.1, 0.15) is 0 Å². The Morgan fingerprint density at radius 3 is 3.00 bits per heavy atom. The molecule has 1 unspecified atom stereocenters. The fourth-order valence-corrected chi connectivity index (χ4v) is 4.52. The molecule has 1 saturated heterocycles. The Hall–Kier alpha value is -2.64. The molecule has 1 aliphatic heterocycles. The summed E-state index contributed by atoms with van der Waals surface area (Å²) in [4.78, 5) is 7.55. The third-order valence-electron chi connectivity index (χ3n) is 5.05. The molecule has 1 aromatic carbocycles. The van der Waals surface area contributed by atoms with Gasteiger partial charge in [0.2, 0.25) is 0 Å². The number of benzene rings is 1. The van der Waals surface area contributed by atoms with E-state index in [1.165, 1.54) is 5.56 Å². The molecule has 5 rings (SSSR count). The summed E-state index contributed by atoms with van der Waals surface area (Å²) < 4.78 is 8.12. The highest BCUT2D eigenvalue weighted by Gasteiger charge is 2.23. The normalized spacial score (nSPS) is 16.8. The summed E-state index contributed by atoms with van der Waals surface area (Å²) in [6.07, 6.45) is 8.14. The van der Waals surface area contributed by atoms with Gasteiger partial charge >= 0.3 is 0 Å². The summed E-state index contributed by atoms with van der Waals surface area (Å²) in [7, 11) is 0. The maximum Gasteiger partial charge on any atom is 0.191 e. The second kappa shape index (κ2) is 7.77. The topological polar surface area (TPSA) is 68.6 Å². The number of para-hydroxylation sites is 1. The molecule has 0 aliphatic carbocycles. The van der Waals surface area contributed by atoms with Gasteiger partial charge in [0.05, 0.1) is 12.6 Å². The van der Waals surface area contributed by atoms with Crippen molar-refractivity contribution < 1.29 is 4.74 Å². The predicted octanol–water partition coefficient (Wildman–Crippen LogP) is 4.29. The molecule has 28 heavy (non-hydrogen) atoms. The standard InChI is InChI=1S/C21H21N5OS/c1-2-8-19-17(7-1)18(12-23-19)20-24-25-21(26(20)13-16-6-4-10-27-16)28-14-15-5-3-9-22-11-15/h1-3,5,7-9,11-12,16,23H,4,6,10,13-14H2. The van der Waals surface area contributed by atoms with Gasteiger partial charge < -0.3 is 9.72 Å². The maximum atomic E-state index is 5.90. The van der Waals surface area contributed by atoms with Crippen LogP contribution >= 0.6 is 11.8 Å². The summed E-state index contributed by atoms with van der Waals surface area (Å²) in [6, 6.07) is 12.3. The zero-order chi connectivity index (χ0) is 18.8. The number of fused-ring (bicyclic) bond motifs is 1. The van der Waals surface area contributed by atoms with Gasteiger partial charge in [0.25, 0.3) is 0 Å². The smallest absolute Gasteiger partial charge is 0.191 e. The Morgan fingerprint density at radius 2 is 2.14 bits per heavy atom. The molecule has 7 heteroatoms. The Bertz CT molecular complexity index is 1070. The van der Waals surface area contributed by atoms with Crippen LogP contribution in [0.5, 0.6) is 0 Å². The first-order valence-corrected chi connectivity index (χ1v) is 10.5. The lowest BCUT2D eigenvalue weighted by Crippen LogP contribution is -2.16. The van der Waals surface area contributed by atoms with Crippen LogP contribution in [0.1, 0.15) is 18.4 Å². The number of hydrogen-bond donors (Lipinski definition) is 1. The molecular formula is C21H21N5OS. The van der Waals surface area contributed by atoms with Crippen LogP contribution < -0.4 is 0 Å². The number of ether oxygens (including phenoxy) is 1. The van der Waals surface area contributed by atoms with Gasteiger partial charge in [-0.3, -0.25) is 9.55 Å². The number of pyridine rings is 1. The number of nitrogens with one attached hydrogen (secondary N) is 1. The van der Waals surface area contributed by atoms with Crippen molar-refractivity contribution in [2.75, 3.05) is 6.61 Å². The van der Waals surface area contributed by atoms with Crippen molar-refractivity contribution in [3.8, 4) is 11.4 Å². The quantitative estimate of drug-likeness (QED) is 0.497. The summed E-state index contributed by atoms with van der Waals surface area (Å²) in [5.74, 6) is 1.70. The molecule has 1 fully saturated rings. The summed E-state index contributed by atoms with van der Waals surface area (Å²) in [5, 5.41) is 11.2. The molecule has 4 heterocycles. The summed E-state index contributed by atoms with van der Waals surface area (Å²) in [5.41, 5.74) is 3.36. The van der Waals surface area contributed by atoms with Gasteiger partial charge in [-0.25, -0.2) is 0 Å². The van der Waals surface area contributed by atoms with E-state index in [4.69, 9.17) is 4.74 Å². The van der Waals surface area contributed by atoms with Crippen molar-refractivity contribution in [2.45, 2.75) is 36.4 Å². The zero-order valence-corrected chi connectivity index (χ0v) is 16.2. The zero-order valence-electron chi connectivity index (χ0n) is 15.4. The van der Waals surface area contributed by atoms with Crippen molar-refractivity contribution in [3.63, 3.8) is 0 Å². The van der Waals surface area contributed by atoms with Crippen LogP contribution in [0.15, 0.2) is 60.1 Å². The first-order valence-electron chi connectivity index (χ1n) is 9.51. The number of aromatic amines is 1. The largest absolute Gasteiger partial charge is 0.376 e. The predicted molar refractivity (Wildman–Crippen MR) is 110 cm³/mol. The molecule has 0 amide bonds. The van der Waals surface area contributed by atoms with Gasteiger partial charge in [-0.1, -0.05) is 36.0 Å². The Labute approximate surface area is 167 Å². The molecule has 142 valence electrons. The molecule has 0 bridgehead atoms. The molecule has 0 radical (unpaired) electrons. The first-order chi connectivity index (χ1) is 13.9. The van der Waals surface area contributed by atoms with Crippen molar-refractivity contribution in [2.24, 2.45) is 0 Å². The third-order valence-corrected chi connectivity index (χ3v) is 6.09. The fourth-order valence-electron chi connectivity index (χ4n) is 3.64. The minimum Gasteiger partial charge on any atom is -0.376 e. The van der Waals surface area contributed by atoms with Crippen LogP contribution in [-0.2, 0) is 17.0 Å². The second-order valence-corrected chi connectivity index (χ2v) is 7.89. The first kappa shape index (κ1) is 17.5. The lowest BCUT2D eigenvalue weighted by molar-refractivity contribution is 0.0953. The van der Waals surface area contributed by atoms with Gasteiger partial charge in [0, 0.05) is 47.4 Å². The third kappa shape index (κ3) is 3.43. The van der Waals surface area contributed by atoms with Gasteiger partial charge in [-0.2, -0.15) is 0 Å². The minimum atomic E-state index is 0.220. The Balaban J connectivity index is 1.50. The van der Waals surface area contributed by atoms with E-state index in [0.29, 0.717) is 0 Å².